The van der Waals surface area contributed by atoms with Crippen LogP contribution in [0.25, 0.3) is 0 Å². The van der Waals surface area contributed by atoms with Crippen molar-refractivity contribution in [2.24, 2.45) is 0 Å². The fourth-order valence-corrected chi connectivity index (χ4v) is 1.45. The Balaban J connectivity index is 2.48. The van der Waals surface area contributed by atoms with E-state index in [2.05, 4.69) is 14.0 Å². The van der Waals surface area contributed by atoms with Crippen molar-refractivity contribution in [2.45, 2.75) is 25.6 Å². The Bertz CT molecular complexity index is 135. The summed E-state index contributed by atoms with van der Waals surface area (Å²) in [6.07, 6.45) is 1.02. The SMILES string of the molecule is CC[N+]1(C)CCC(O)(O)CC1. The quantitative estimate of drug-likeness (QED) is 0.416. The molecule has 1 heterocycles. The van der Waals surface area contributed by atoms with Gasteiger partial charge in [0.05, 0.1) is 39.5 Å². The summed E-state index contributed by atoms with van der Waals surface area (Å²) in [5.41, 5.74) is 0. The standard InChI is InChI=1S/C8H18NO2/c1-3-9(2)6-4-8(10,11)5-7-9/h10-11H,3-7H2,1-2H3/q+1. The van der Waals surface area contributed by atoms with Crippen LogP contribution in [0.1, 0.15) is 19.8 Å². The van der Waals surface area contributed by atoms with Crippen LogP contribution in [0.15, 0.2) is 0 Å². The first kappa shape index (κ1) is 8.97. The second-order valence-electron chi connectivity index (χ2n) is 3.87. The van der Waals surface area contributed by atoms with Gasteiger partial charge in [0.2, 0.25) is 0 Å². The van der Waals surface area contributed by atoms with E-state index < -0.39 is 5.79 Å². The van der Waals surface area contributed by atoms with Crippen molar-refractivity contribution in [2.75, 3.05) is 26.7 Å². The number of nitrogens with zero attached hydrogens (tertiary/aromatic N) is 1. The van der Waals surface area contributed by atoms with Crippen molar-refractivity contribution in [1.29, 1.82) is 0 Å². The van der Waals surface area contributed by atoms with E-state index >= 15 is 0 Å². The Morgan fingerprint density at radius 1 is 1.27 bits per heavy atom. The topological polar surface area (TPSA) is 40.5 Å². The number of piperidine rings is 1. The first-order chi connectivity index (χ1) is 4.97. The van der Waals surface area contributed by atoms with Crippen molar-refractivity contribution in [3.63, 3.8) is 0 Å². The van der Waals surface area contributed by atoms with Crippen LogP contribution in [0.3, 0.4) is 0 Å². The van der Waals surface area contributed by atoms with E-state index in [4.69, 9.17) is 0 Å². The molecule has 2 N–H and O–H groups in total. The van der Waals surface area contributed by atoms with E-state index in [9.17, 15) is 10.2 Å². The molecular weight excluding hydrogens is 142 g/mol. The third-order valence-corrected chi connectivity index (χ3v) is 2.87. The summed E-state index contributed by atoms with van der Waals surface area (Å²) in [4.78, 5) is 0. The average Bonchev–Trinajstić information content (AvgIpc) is 1.97. The molecule has 0 radical (unpaired) electrons. The maximum Gasteiger partial charge on any atom is 0.173 e. The average molecular weight is 160 g/mol. The predicted molar refractivity (Wildman–Crippen MR) is 42.9 cm³/mol. The summed E-state index contributed by atoms with van der Waals surface area (Å²) in [6.45, 7) is 4.98. The van der Waals surface area contributed by atoms with Crippen LogP contribution in [0.5, 0.6) is 0 Å². The smallest absolute Gasteiger partial charge is 0.173 e. The van der Waals surface area contributed by atoms with E-state index in [0.717, 1.165) is 24.1 Å². The second kappa shape index (κ2) is 2.73. The van der Waals surface area contributed by atoms with E-state index in [1.54, 1.807) is 0 Å². The largest absolute Gasteiger partial charge is 0.365 e. The van der Waals surface area contributed by atoms with Gasteiger partial charge >= 0.3 is 0 Å². The fourth-order valence-electron chi connectivity index (χ4n) is 1.45. The van der Waals surface area contributed by atoms with Gasteiger partial charge in [0.25, 0.3) is 0 Å². The number of rotatable bonds is 1. The van der Waals surface area contributed by atoms with Crippen molar-refractivity contribution < 1.29 is 14.7 Å². The zero-order valence-corrected chi connectivity index (χ0v) is 7.38. The third kappa shape index (κ3) is 2.15. The normalized spacial score (nSPS) is 28.4. The molecule has 0 aromatic carbocycles. The Hall–Kier alpha value is -0.120. The van der Waals surface area contributed by atoms with Gasteiger partial charge in [0.15, 0.2) is 5.79 Å². The number of quaternary nitrogens is 1. The van der Waals surface area contributed by atoms with Crippen molar-refractivity contribution in [3.05, 3.63) is 0 Å². The molecule has 1 saturated heterocycles. The maximum absolute atomic E-state index is 9.25. The molecule has 0 saturated carbocycles. The van der Waals surface area contributed by atoms with Gasteiger partial charge < -0.3 is 14.7 Å². The highest BCUT2D eigenvalue weighted by Gasteiger charge is 2.36. The summed E-state index contributed by atoms with van der Waals surface area (Å²) >= 11 is 0. The van der Waals surface area contributed by atoms with E-state index in [-0.39, 0.29) is 0 Å². The molecule has 0 aromatic heterocycles. The molecule has 0 aromatic rings. The van der Waals surface area contributed by atoms with Crippen LogP contribution < -0.4 is 0 Å². The van der Waals surface area contributed by atoms with Gasteiger partial charge in [-0.3, -0.25) is 0 Å². The Kier molecular flexibility index (Phi) is 2.23. The minimum absolute atomic E-state index is 0.511. The van der Waals surface area contributed by atoms with Crippen LogP contribution >= 0.6 is 0 Å². The lowest BCUT2D eigenvalue weighted by atomic mass is 10.0. The first-order valence-corrected chi connectivity index (χ1v) is 4.26. The van der Waals surface area contributed by atoms with E-state index in [1.165, 1.54) is 0 Å². The molecule has 1 fully saturated rings. The molecular formula is C8H18NO2+. The zero-order valence-electron chi connectivity index (χ0n) is 7.38. The molecule has 1 aliphatic heterocycles. The van der Waals surface area contributed by atoms with Crippen LogP contribution in [0.2, 0.25) is 0 Å². The number of likely N-dealkylation sites (tertiary alicyclic amines) is 1. The van der Waals surface area contributed by atoms with Crippen LogP contribution in [0, 0.1) is 0 Å². The summed E-state index contributed by atoms with van der Waals surface area (Å²) in [6, 6.07) is 0. The van der Waals surface area contributed by atoms with Crippen molar-refractivity contribution in [3.8, 4) is 0 Å². The second-order valence-corrected chi connectivity index (χ2v) is 3.87. The molecule has 0 bridgehead atoms. The molecule has 0 aliphatic carbocycles. The lowest BCUT2D eigenvalue weighted by Gasteiger charge is -2.41. The molecule has 0 atom stereocenters. The number of aliphatic hydroxyl groups is 2. The van der Waals surface area contributed by atoms with Crippen molar-refractivity contribution in [1.82, 2.24) is 0 Å². The highest BCUT2D eigenvalue weighted by molar-refractivity contribution is 4.68. The summed E-state index contributed by atoms with van der Waals surface area (Å²) in [5, 5.41) is 18.5. The highest BCUT2D eigenvalue weighted by atomic mass is 16.5. The van der Waals surface area contributed by atoms with Crippen LogP contribution in [-0.4, -0.2) is 47.2 Å². The Morgan fingerprint density at radius 2 is 1.73 bits per heavy atom. The summed E-state index contributed by atoms with van der Waals surface area (Å²) in [5.74, 6) is -1.38. The summed E-state index contributed by atoms with van der Waals surface area (Å²) in [7, 11) is 2.16. The van der Waals surface area contributed by atoms with E-state index in [0.29, 0.717) is 12.8 Å². The lowest BCUT2D eigenvalue weighted by molar-refractivity contribution is -0.916. The Morgan fingerprint density at radius 3 is 2.09 bits per heavy atom. The number of hydrogen-bond acceptors (Lipinski definition) is 2. The first-order valence-electron chi connectivity index (χ1n) is 4.26. The third-order valence-electron chi connectivity index (χ3n) is 2.87. The highest BCUT2D eigenvalue weighted by Crippen LogP contribution is 2.22. The fraction of sp³-hybridized carbons (Fsp3) is 1.00. The van der Waals surface area contributed by atoms with Gasteiger partial charge in [-0.15, -0.1) is 0 Å². The minimum atomic E-state index is -1.38. The molecule has 1 aliphatic rings. The molecule has 11 heavy (non-hydrogen) atoms. The van der Waals surface area contributed by atoms with E-state index in [1.807, 2.05) is 0 Å². The summed E-state index contributed by atoms with van der Waals surface area (Å²) < 4.78 is 0.975. The molecule has 3 nitrogen and oxygen atoms in total. The molecule has 3 heteroatoms. The zero-order chi connectivity index (χ0) is 8.54. The van der Waals surface area contributed by atoms with Gasteiger partial charge in [0, 0.05) is 0 Å². The van der Waals surface area contributed by atoms with Gasteiger partial charge in [0.1, 0.15) is 0 Å². The van der Waals surface area contributed by atoms with Crippen LogP contribution in [0.4, 0.5) is 0 Å². The molecule has 66 valence electrons. The molecule has 0 amide bonds. The van der Waals surface area contributed by atoms with Crippen LogP contribution in [-0.2, 0) is 0 Å². The molecule has 0 unspecified atom stereocenters. The molecule has 1 rings (SSSR count). The number of hydrogen-bond donors (Lipinski definition) is 2. The predicted octanol–water partition coefficient (Wildman–Crippen LogP) is -0.0724. The monoisotopic (exact) mass is 160 g/mol. The van der Waals surface area contributed by atoms with Gasteiger partial charge in [-0.1, -0.05) is 0 Å². The Labute approximate surface area is 67.8 Å². The minimum Gasteiger partial charge on any atom is -0.365 e. The maximum atomic E-state index is 9.25. The lowest BCUT2D eigenvalue weighted by Crippen LogP contribution is -2.54. The van der Waals surface area contributed by atoms with Gasteiger partial charge in [-0.25, -0.2) is 0 Å². The molecule has 0 spiro atoms. The van der Waals surface area contributed by atoms with Gasteiger partial charge in [-0.05, 0) is 6.92 Å². The van der Waals surface area contributed by atoms with Crippen molar-refractivity contribution >= 4 is 0 Å². The van der Waals surface area contributed by atoms with Gasteiger partial charge in [-0.2, -0.15) is 0 Å².